The van der Waals surface area contributed by atoms with Crippen molar-refractivity contribution >= 4 is 28.9 Å². The molecule has 6 rings (SSSR count). The molecule has 4 fully saturated rings. The van der Waals surface area contributed by atoms with Crippen molar-refractivity contribution in [3.63, 3.8) is 0 Å². The third kappa shape index (κ3) is 3.41. The summed E-state index contributed by atoms with van der Waals surface area (Å²) >= 11 is 6.37. The second-order valence-electron chi connectivity index (χ2n) is 9.67. The molecule has 3 saturated carbocycles. The molecule has 0 unspecified atom stereocenters. The first-order valence-electron chi connectivity index (χ1n) is 11.2. The summed E-state index contributed by atoms with van der Waals surface area (Å²) in [6, 6.07) is 2.41. The minimum atomic E-state index is -4.66. The highest BCUT2D eigenvalue weighted by Gasteiger charge is 2.55. The van der Waals surface area contributed by atoms with Crippen molar-refractivity contribution in [3.05, 3.63) is 34.1 Å². The van der Waals surface area contributed by atoms with E-state index in [1.165, 1.54) is 4.90 Å². The minimum absolute atomic E-state index is 0.0370. The molecule has 0 aromatic carbocycles. The molecule has 2 aromatic heterocycles. The Balaban J connectivity index is 1.27. The zero-order chi connectivity index (χ0) is 23.2. The van der Waals surface area contributed by atoms with E-state index in [4.69, 9.17) is 11.6 Å². The Kier molecular flexibility index (Phi) is 4.56. The van der Waals surface area contributed by atoms with Crippen LogP contribution in [0, 0.1) is 11.8 Å². The first-order valence-corrected chi connectivity index (χ1v) is 11.6. The van der Waals surface area contributed by atoms with Crippen molar-refractivity contribution in [2.24, 2.45) is 11.8 Å². The van der Waals surface area contributed by atoms with Crippen LogP contribution in [0.3, 0.4) is 0 Å². The number of rotatable bonds is 3. The monoisotopic (exact) mass is 482 g/mol. The maximum absolute atomic E-state index is 13.7. The van der Waals surface area contributed by atoms with Gasteiger partial charge in [-0.3, -0.25) is 9.59 Å². The quantitative estimate of drug-likeness (QED) is 0.729. The summed E-state index contributed by atoms with van der Waals surface area (Å²) < 4.78 is 41.8. The average molecular weight is 483 g/mol. The van der Waals surface area contributed by atoms with Gasteiger partial charge in [0.15, 0.2) is 5.69 Å². The summed E-state index contributed by atoms with van der Waals surface area (Å²) in [5.41, 5.74) is -0.696. The Morgan fingerprint density at radius 3 is 2.55 bits per heavy atom. The number of alkyl halides is 3. The number of carbonyl (C=O) groups is 2. The first-order chi connectivity index (χ1) is 15.6. The fraction of sp³-hybridized carbons (Fsp3) is 0.591. The van der Waals surface area contributed by atoms with Crippen LogP contribution >= 0.6 is 11.6 Å². The summed E-state index contributed by atoms with van der Waals surface area (Å²) in [6.07, 6.45) is -1.80. The van der Waals surface area contributed by atoms with Gasteiger partial charge in [-0.15, -0.1) is 0 Å². The molecule has 1 saturated heterocycles. The molecule has 7 nitrogen and oxygen atoms in total. The highest BCUT2D eigenvalue weighted by Crippen LogP contribution is 2.53. The van der Waals surface area contributed by atoms with Crippen molar-refractivity contribution < 1.29 is 27.9 Å². The van der Waals surface area contributed by atoms with E-state index in [0.717, 1.165) is 31.7 Å². The van der Waals surface area contributed by atoms with Gasteiger partial charge in [-0.25, -0.2) is 4.52 Å². The molecule has 0 radical (unpaired) electrons. The molecule has 4 aliphatic rings. The highest BCUT2D eigenvalue weighted by molar-refractivity contribution is 6.36. The zero-order valence-electron chi connectivity index (χ0n) is 17.6. The van der Waals surface area contributed by atoms with Crippen LogP contribution in [0.2, 0.25) is 5.02 Å². The Bertz CT molecular complexity index is 1180. The van der Waals surface area contributed by atoms with E-state index >= 15 is 0 Å². The van der Waals surface area contributed by atoms with Crippen molar-refractivity contribution in [1.82, 2.24) is 19.4 Å². The number of aliphatic hydroxyl groups is 1. The maximum Gasteiger partial charge on any atom is 0.433 e. The standard InChI is InChI=1S/C22H22ClF3N4O3/c23-18-14-6-11(10-1-2-10)8-16(22(24,25)26)30(14)27-19(18)21(33)28-3-4-29(17(31)9-28)15-7-12-5-13(12)20(15)32/h6,8,10,12-13,15,20,32H,1-5,7,9H2/t12-,13-,15-,20+/m1/s1. The topological polar surface area (TPSA) is 78.2 Å². The molecule has 2 aromatic rings. The van der Waals surface area contributed by atoms with Gasteiger partial charge >= 0.3 is 6.18 Å². The van der Waals surface area contributed by atoms with E-state index < -0.39 is 23.9 Å². The van der Waals surface area contributed by atoms with Crippen molar-refractivity contribution in [2.45, 2.75) is 49.9 Å². The third-order valence-corrected chi connectivity index (χ3v) is 7.91. The smallest absolute Gasteiger partial charge is 0.391 e. The van der Waals surface area contributed by atoms with Crippen LogP contribution in [0.15, 0.2) is 12.1 Å². The lowest BCUT2D eigenvalue weighted by atomic mass is 10.1. The number of pyridine rings is 1. The van der Waals surface area contributed by atoms with E-state index in [1.807, 2.05) is 0 Å². The largest absolute Gasteiger partial charge is 0.433 e. The van der Waals surface area contributed by atoms with Gasteiger partial charge in [0.25, 0.3) is 5.91 Å². The normalized spacial score (nSPS) is 29.7. The first kappa shape index (κ1) is 21.2. The van der Waals surface area contributed by atoms with Crippen molar-refractivity contribution in [3.8, 4) is 0 Å². The zero-order valence-corrected chi connectivity index (χ0v) is 18.3. The number of hydrogen-bond donors (Lipinski definition) is 1. The van der Waals surface area contributed by atoms with Crippen LogP contribution in [-0.4, -0.2) is 68.1 Å². The number of halogens is 4. The number of nitrogens with zero attached hydrogens (tertiary/aromatic N) is 4. The summed E-state index contributed by atoms with van der Waals surface area (Å²) in [5, 5.41) is 14.2. The van der Waals surface area contributed by atoms with Gasteiger partial charge in [0.2, 0.25) is 5.91 Å². The van der Waals surface area contributed by atoms with Crippen LogP contribution < -0.4 is 0 Å². The fourth-order valence-corrected chi connectivity index (χ4v) is 5.75. The third-order valence-electron chi connectivity index (χ3n) is 7.54. The van der Waals surface area contributed by atoms with E-state index in [2.05, 4.69) is 5.10 Å². The summed E-state index contributed by atoms with van der Waals surface area (Å²) in [7, 11) is 0. The summed E-state index contributed by atoms with van der Waals surface area (Å²) in [5.74, 6) is -0.163. The van der Waals surface area contributed by atoms with Crippen LogP contribution in [-0.2, 0) is 11.0 Å². The van der Waals surface area contributed by atoms with Gasteiger partial charge in [0, 0.05) is 13.1 Å². The Morgan fingerprint density at radius 2 is 1.94 bits per heavy atom. The second kappa shape index (κ2) is 7.09. The number of piperazine rings is 1. The Hall–Kier alpha value is -2.33. The SMILES string of the molecule is O=C(c1nn2c(C(F)(F)F)cc(C3CC3)cc2c1Cl)N1CCN([C@@H]2C[C@H]3C[C@H]3[C@@H]2O)C(=O)C1. The lowest BCUT2D eigenvalue weighted by molar-refractivity contribution is -0.142. The lowest BCUT2D eigenvalue weighted by Gasteiger charge is -2.39. The van der Waals surface area contributed by atoms with E-state index in [-0.39, 0.29) is 59.7 Å². The molecule has 0 spiro atoms. The molecular weight excluding hydrogens is 461 g/mol. The van der Waals surface area contributed by atoms with Gasteiger partial charge in [-0.05, 0) is 61.1 Å². The van der Waals surface area contributed by atoms with Gasteiger partial charge < -0.3 is 14.9 Å². The molecule has 3 heterocycles. The summed E-state index contributed by atoms with van der Waals surface area (Å²) in [6.45, 7) is 0.240. The van der Waals surface area contributed by atoms with E-state index in [1.54, 1.807) is 11.0 Å². The number of amides is 2. The molecular formula is C22H22ClF3N4O3. The van der Waals surface area contributed by atoms with Crippen LogP contribution in [0.4, 0.5) is 13.2 Å². The molecule has 11 heteroatoms. The number of carbonyl (C=O) groups excluding carboxylic acids is 2. The molecule has 33 heavy (non-hydrogen) atoms. The molecule has 2 amide bonds. The molecule has 176 valence electrons. The van der Waals surface area contributed by atoms with Gasteiger partial charge in [0.05, 0.1) is 22.7 Å². The molecule has 0 bridgehead atoms. The Labute approximate surface area is 192 Å². The molecule has 4 atom stereocenters. The average Bonchev–Trinajstić information content (AvgIpc) is 3.68. The lowest BCUT2D eigenvalue weighted by Crippen LogP contribution is -2.57. The highest BCUT2D eigenvalue weighted by atomic mass is 35.5. The van der Waals surface area contributed by atoms with E-state index in [0.29, 0.717) is 16.0 Å². The number of aliphatic hydroxyl groups excluding tert-OH is 1. The van der Waals surface area contributed by atoms with Crippen molar-refractivity contribution in [2.75, 3.05) is 19.6 Å². The molecule has 1 N–H and O–H groups in total. The second-order valence-corrected chi connectivity index (χ2v) is 10.1. The Morgan fingerprint density at radius 1 is 1.18 bits per heavy atom. The fourth-order valence-electron chi connectivity index (χ4n) is 5.50. The van der Waals surface area contributed by atoms with Gasteiger partial charge in [0.1, 0.15) is 12.2 Å². The van der Waals surface area contributed by atoms with Crippen LogP contribution in [0.1, 0.15) is 53.3 Å². The van der Waals surface area contributed by atoms with Crippen LogP contribution in [0.5, 0.6) is 0 Å². The van der Waals surface area contributed by atoms with Gasteiger partial charge in [-0.1, -0.05) is 11.6 Å². The number of fused-ring (bicyclic) bond motifs is 2. The number of aromatic nitrogens is 2. The number of hydrogen-bond acceptors (Lipinski definition) is 4. The predicted octanol–water partition coefficient (Wildman–Crippen LogP) is 2.94. The minimum Gasteiger partial charge on any atom is -0.391 e. The maximum atomic E-state index is 13.7. The van der Waals surface area contributed by atoms with E-state index in [9.17, 15) is 27.9 Å². The molecule has 3 aliphatic carbocycles. The van der Waals surface area contributed by atoms with Gasteiger partial charge in [-0.2, -0.15) is 18.3 Å². The van der Waals surface area contributed by atoms with Crippen LogP contribution in [0.25, 0.3) is 5.52 Å². The molecule has 1 aliphatic heterocycles. The predicted molar refractivity (Wildman–Crippen MR) is 111 cm³/mol. The van der Waals surface area contributed by atoms with Crippen molar-refractivity contribution in [1.29, 1.82) is 0 Å². The summed E-state index contributed by atoms with van der Waals surface area (Å²) in [4.78, 5) is 28.8.